The third kappa shape index (κ3) is 6.27. The number of aliphatic hydroxyl groups is 1. The van der Waals surface area contributed by atoms with Gasteiger partial charge in [-0.15, -0.1) is 0 Å². The van der Waals surface area contributed by atoms with Crippen LogP contribution in [0.5, 0.6) is 11.5 Å². The summed E-state index contributed by atoms with van der Waals surface area (Å²) in [4.78, 5) is 31.7. The van der Waals surface area contributed by atoms with Crippen molar-refractivity contribution in [1.29, 1.82) is 0 Å². The number of aromatic nitrogens is 3. The number of hydrogen-bond donors (Lipinski definition) is 1. The lowest BCUT2D eigenvalue weighted by Gasteiger charge is -2.22. The fourth-order valence-corrected chi connectivity index (χ4v) is 5.15. The van der Waals surface area contributed by atoms with Gasteiger partial charge in [0.2, 0.25) is 0 Å². The molecule has 9 nitrogen and oxygen atoms in total. The Bertz CT molecular complexity index is 1610. The van der Waals surface area contributed by atoms with Gasteiger partial charge in [0.15, 0.2) is 12.0 Å². The first-order chi connectivity index (χ1) is 19.8. The third-order valence-corrected chi connectivity index (χ3v) is 7.47. The van der Waals surface area contributed by atoms with Gasteiger partial charge in [0, 0.05) is 25.8 Å². The zero-order valence-electron chi connectivity index (χ0n) is 23.8. The molecule has 9 heteroatoms. The van der Waals surface area contributed by atoms with E-state index in [4.69, 9.17) is 14.2 Å². The maximum atomic E-state index is 14.0. The second-order valence-electron chi connectivity index (χ2n) is 10.7. The lowest BCUT2D eigenvalue weighted by atomic mass is 9.98. The molecule has 2 atom stereocenters. The molecule has 216 valence electrons. The molecule has 3 heterocycles. The van der Waals surface area contributed by atoms with E-state index in [0.717, 1.165) is 24.8 Å². The smallest absolute Gasteiger partial charge is 0.332 e. The minimum absolute atomic E-state index is 0.137. The van der Waals surface area contributed by atoms with Crippen molar-refractivity contribution < 1.29 is 19.3 Å². The Labute approximate surface area is 239 Å². The molecule has 1 aliphatic heterocycles. The monoisotopic (exact) mass is 559 g/mol. The highest BCUT2D eigenvalue weighted by Gasteiger charge is 2.26. The molecule has 0 bridgehead atoms. The van der Waals surface area contributed by atoms with Gasteiger partial charge in [0.1, 0.15) is 17.5 Å². The Hall–Kier alpha value is -3.79. The lowest BCUT2D eigenvalue weighted by molar-refractivity contribution is -0.163. The van der Waals surface area contributed by atoms with Crippen LogP contribution in [0, 0.1) is 0 Å². The van der Waals surface area contributed by atoms with Gasteiger partial charge >= 0.3 is 5.69 Å². The van der Waals surface area contributed by atoms with Crippen molar-refractivity contribution >= 4 is 11.0 Å². The normalized spacial score (nSPS) is 16.3. The maximum Gasteiger partial charge on any atom is 0.332 e. The summed E-state index contributed by atoms with van der Waals surface area (Å²) in [6, 6.07) is 16.7. The van der Waals surface area contributed by atoms with Crippen molar-refractivity contribution in [3.63, 3.8) is 0 Å². The quantitative estimate of drug-likeness (QED) is 0.272. The van der Waals surface area contributed by atoms with Gasteiger partial charge in [0.05, 0.1) is 18.2 Å². The van der Waals surface area contributed by atoms with Crippen LogP contribution in [0.4, 0.5) is 0 Å². The number of hydrogen-bond acceptors (Lipinski definition) is 7. The highest BCUT2D eigenvalue weighted by atomic mass is 16.7. The van der Waals surface area contributed by atoms with Crippen LogP contribution in [-0.4, -0.2) is 38.7 Å². The fraction of sp³-hybridized carbons (Fsp3) is 0.406. The topological polar surface area (TPSA) is 105 Å². The average Bonchev–Trinajstić information content (AvgIpc) is 3.00. The predicted molar refractivity (Wildman–Crippen MR) is 157 cm³/mol. The molecule has 0 radical (unpaired) electrons. The van der Waals surface area contributed by atoms with Crippen molar-refractivity contribution in [2.45, 2.75) is 64.4 Å². The van der Waals surface area contributed by atoms with Gasteiger partial charge in [-0.3, -0.25) is 13.9 Å². The van der Waals surface area contributed by atoms with E-state index in [1.807, 2.05) is 42.5 Å². The first-order valence-corrected chi connectivity index (χ1v) is 14.2. The molecule has 1 fully saturated rings. The molecule has 1 saturated heterocycles. The minimum atomic E-state index is -1.20. The molecule has 2 unspecified atom stereocenters. The predicted octanol–water partition coefficient (Wildman–Crippen LogP) is 5.03. The zero-order chi connectivity index (χ0) is 28.9. The summed E-state index contributed by atoms with van der Waals surface area (Å²) in [6.45, 7) is 5.37. The van der Waals surface area contributed by atoms with E-state index < -0.39 is 17.4 Å². The highest BCUT2D eigenvalue weighted by Crippen LogP contribution is 2.36. The van der Waals surface area contributed by atoms with Crippen LogP contribution in [0.1, 0.15) is 68.2 Å². The molecule has 41 heavy (non-hydrogen) atoms. The largest absolute Gasteiger partial charge is 0.455 e. The summed E-state index contributed by atoms with van der Waals surface area (Å²) in [6.07, 6.45) is 3.40. The number of aryl methyl sites for hydroxylation is 1. The second kappa shape index (κ2) is 12.8. The number of ether oxygens (including phenoxy) is 3. The van der Waals surface area contributed by atoms with Gasteiger partial charge in [0.25, 0.3) is 5.56 Å². The Morgan fingerprint density at radius 1 is 1.07 bits per heavy atom. The summed E-state index contributed by atoms with van der Waals surface area (Å²) in [5.74, 6) is 1.10. The van der Waals surface area contributed by atoms with Crippen LogP contribution in [0.3, 0.4) is 0 Å². The van der Waals surface area contributed by atoms with E-state index in [0.29, 0.717) is 30.9 Å². The summed E-state index contributed by atoms with van der Waals surface area (Å²) in [5, 5.41) is 11.8. The number of aliphatic hydroxyl groups excluding tert-OH is 1. The summed E-state index contributed by atoms with van der Waals surface area (Å²) < 4.78 is 20.2. The van der Waals surface area contributed by atoms with Gasteiger partial charge in [-0.2, -0.15) is 0 Å². The second-order valence-corrected chi connectivity index (χ2v) is 10.7. The van der Waals surface area contributed by atoms with E-state index in [1.165, 1.54) is 15.3 Å². The van der Waals surface area contributed by atoms with E-state index >= 15 is 0 Å². The number of fused-ring (bicyclic) bond motifs is 1. The molecule has 0 saturated carbocycles. The number of nitrogens with zero attached hydrogens (tertiary/aromatic N) is 3. The van der Waals surface area contributed by atoms with Crippen molar-refractivity contribution in [3.8, 4) is 11.5 Å². The molecule has 2 aromatic carbocycles. The van der Waals surface area contributed by atoms with Crippen LogP contribution in [0.25, 0.3) is 11.0 Å². The molecule has 2 aromatic heterocycles. The third-order valence-electron chi connectivity index (χ3n) is 7.47. The summed E-state index contributed by atoms with van der Waals surface area (Å²) >= 11 is 0. The van der Waals surface area contributed by atoms with Gasteiger partial charge in [-0.1, -0.05) is 56.3 Å². The summed E-state index contributed by atoms with van der Waals surface area (Å²) in [5.41, 5.74) is 1.10. The fourth-order valence-electron chi connectivity index (χ4n) is 5.15. The van der Waals surface area contributed by atoms with E-state index in [-0.39, 0.29) is 41.1 Å². The van der Waals surface area contributed by atoms with Crippen LogP contribution < -0.4 is 16.0 Å². The van der Waals surface area contributed by atoms with E-state index in [1.54, 1.807) is 19.2 Å². The van der Waals surface area contributed by atoms with Gasteiger partial charge in [-0.25, -0.2) is 9.78 Å². The van der Waals surface area contributed by atoms with Crippen LogP contribution >= 0.6 is 0 Å². The molecule has 0 aliphatic carbocycles. The van der Waals surface area contributed by atoms with Gasteiger partial charge in [-0.05, 0) is 54.9 Å². The standard InChI is InChI=1S/C32H37N3O6/c1-21(2)23-13-9-14-24(19-23)41-25-20-33-30-28(27(25)29(36)22-11-5-4-6-12-22)31(37)35(32(38)34(30)3)16-10-18-40-26-15-7-8-17-39-26/h4-6,9,11-14,19-21,26,29,36H,7-8,10,15-18H2,1-3H3. The molecule has 0 amide bonds. The van der Waals surface area contributed by atoms with Crippen LogP contribution in [0.15, 0.2) is 70.4 Å². The van der Waals surface area contributed by atoms with Crippen molar-refractivity contribution in [2.75, 3.05) is 13.2 Å². The lowest BCUT2D eigenvalue weighted by Crippen LogP contribution is -2.40. The SMILES string of the molecule is CC(C)c1cccc(Oc2cnc3c(c2C(O)c2ccccc2)c(=O)n(CCCOC2CCCCO2)c(=O)n3C)c1. The number of pyridine rings is 1. The van der Waals surface area contributed by atoms with E-state index in [9.17, 15) is 14.7 Å². The van der Waals surface area contributed by atoms with Crippen molar-refractivity contribution in [3.05, 3.63) is 98.3 Å². The Kier molecular flexibility index (Phi) is 8.97. The van der Waals surface area contributed by atoms with Crippen LogP contribution in [-0.2, 0) is 23.1 Å². The zero-order valence-corrected chi connectivity index (χ0v) is 23.8. The Morgan fingerprint density at radius 2 is 1.85 bits per heavy atom. The average molecular weight is 560 g/mol. The summed E-state index contributed by atoms with van der Waals surface area (Å²) in [7, 11) is 1.57. The molecule has 0 spiro atoms. The molecule has 1 N–H and O–H groups in total. The first kappa shape index (κ1) is 28.7. The maximum absolute atomic E-state index is 14.0. The van der Waals surface area contributed by atoms with Crippen molar-refractivity contribution in [2.24, 2.45) is 7.05 Å². The van der Waals surface area contributed by atoms with Crippen LogP contribution in [0.2, 0.25) is 0 Å². The molecule has 1 aliphatic rings. The number of rotatable bonds is 10. The highest BCUT2D eigenvalue weighted by molar-refractivity contribution is 5.81. The molecule has 4 aromatic rings. The van der Waals surface area contributed by atoms with Crippen molar-refractivity contribution in [1.82, 2.24) is 14.1 Å². The first-order valence-electron chi connectivity index (χ1n) is 14.2. The van der Waals surface area contributed by atoms with Gasteiger partial charge < -0.3 is 19.3 Å². The Balaban J connectivity index is 1.57. The molecular formula is C32H37N3O6. The molecule has 5 rings (SSSR count). The molecular weight excluding hydrogens is 522 g/mol. The number of benzene rings is 2. The Morgan fingerprint density at radius 3 is 2.59 bits per heavy atom. The minimum Gasteiger partial charge on any atom is -0.455 e. The van der Waals surface area contributed by atoms with E-state index in [2.05, 4.69) is 18.8 Å².